The number of hydrogen-bond donors (Lipinski definition) is 1. The van der Waals surface area contributed by atoms with Crippen LogP contribution in [0.4, 0.5) is 0 Å². The van der Waals surface area contributed by atoms with E-state index in [2.05, 4.69) is 30.3 Å². The highest BCUT2D eigenvalue weighted by atomic mass is 16.3. The summed E-state index contributed by atoms with van der Waals surface area (Å²) in [4.78, 5) is 27.5. The highest BCUT2D eigenvalue weighted by molar-refractivity contribution is 5.77. The van der Waals surface area contributed by atoms with Crippen molar-refractivity contribution in [3.63, 3.8) is 0 Å². The maximum absolute atomic E-state index is 12.2. The summed E-state index contributed by atoms with van der Waals surface area (Å²) in [5.74, 6) is -0.00253. The van der Waals surface area contributed by atoms with Crippen LogP contribution in [0.25, 0.3) is 5.57 Å². The first-order valence-electron chi connectivity index (χ1n) is 9.92. The maximum atomic E-state index is 12.2. The minimum atomic E-state index is -0.227. The van der Waals surface area contributed by atoms with Gasteiger partial charge in [0, 0.05) is 32.9 Å². The minimum Gasteiger partial charge on any atom is -0.394 e. The second-order valence-electron chi connectivity index (χ2n) is 7.57. The van der Waals surface area contributed by atoms with Gasteiger partial charge in [-0.05, 0) is 42.9 Å². The molecule has 1 saturated heterocycles. The molecule has 1 aliphatic carbocycles. The molecule has 5 nitrogen and oxygen atoms in total. The number of carbonyl (C=O) groups is 2. The molecule has 1 N–H and O–H groups in total. The third kappa shape index (κ3) is 3.79. The van der Waals surface area contributed by atoms with Crippen molar-refractivity contribution in [3.8, 4) is 0 Å². The molecular weight excluding hydrogens is 340 g/mol. The van der Waals surface area contributed by atoms with Crippen LogP contribution in [0.2, 0.25) is 0 Å². The van der Waals surface area contributed by atoms with Crippen molar-refractivity contribution < 1.29 is 14.7 Å². The molecule has 1 aromatic rings. The summed E-state index contributed by atoms with van der Waals surface area (Å²) >= 11 is 0. The molecule has 1 heterocycles. The fourth-order valence-corrected chi connectivity index (χ4v) is 4.62. The highest BCUT2D eigenvalue weighted by Gasteiger charge is 2.50. The van der Waals surface area contributed by atoms with E-state index in [4.69, 9.17) is 0 Å². The lowest BCUT2D eigenvalue weighted by atomic mass is 9.74. The molecule has 0 spiro atoms. The number of hydrogen-bond acceptors (Lipinski definition) is 3. The lowest BCUT2D eigenvalue weighted by Crippen LogP contribution is -2.68. The second kappa shape index (κ2) is 8.26. The number of likely N-dealkylation sites (tertiary alicyclic amines) is 1. The van der Waals surface area contributed by atoms with Crippen LogP contribution in [-0.4, -0.2) is 58.5 Å². The van der Waals surface area contributed by atoms with E-state index in [0.717, 1.165) is 18.4 Å². The number of allylic oxidation sites excluding steroid dienone is 2. The zero-order valence-electron chi connectivity index (χ0n) is 16.5. The molecular formula is C22H30N2O3. The molecule has 0 radical (unpaired) electrons. The molecule has 0 aromatic heterocycles. The number of benzene rings is 1. The monoisotopic (exact) mass is 370 g/mol. The lowest BCUT2D eigenvalue weighted by Gasteiger charge is -2.55. The Morgan fingerprint density at radius 2 is 1.89 bits per heavy atom. The van der Waals surface area contributed by atoms with Crippen LogP contribution in [0.15, 0.2) is 30.3 Å². The van der Waals surface area contributed by atoms with Gasteiger partial charge in [0.15, 0.2) is 0 Å². The second-order valence-corrected chi connectivity index (χ2v) is 7.57. The molecule has 1 fully saturated rings. The van der Waals surface area contributed by atoms with E-state index in [0.29, 0.717) is 13.1 Å². The van der Waals surface area contributed by atoms with Gasteiger partial charge in [-0.15, -0.1) is 0 Å². The van der Waals surface area contributed by atoms with E-state index in [1.165, 1.54) is 24.5 Å². The lowest BCUT2D eigenvalue weighted by molar-refractivity contribution is -0.152. The van der Waals surface area contributed by atoms with E-state index in [1.807, 2.05) is 6.92 Å². The zero-order chi connectivity index (χ0) is 19.6. The van der Waals surface area contributed by atoms with Crippen LogP contribution in [0.5, 0.6) is 0 Å². The van der Waals surface area contributed by atoms with Gasteiger partial charge in [0.25, 0.3) is 0 Å². The minimum absolute atomic E-state index is 0.00993. The molecule has 3 rings (SSSR count). The van der Waals surface area contributed by atoms with E-state index >= 15 is 0 Å². The number of likely N-dealkylation sites (N-methyl/N-ethyl adjacent to an activating group) is 1. The van der Waals surface area contributed by atoms with Gasteiger partial charge in [-0.2, -0.15) is 0 Å². The van der Waals surface area contributed by atoms with Gasteiger partial charge >= 0.3 is 0 Å². The smallest absolute Gasteiger partial charge is 0.220 e. The normalized spacial score (nSPS) is 24.4. The SMILES string of the molecule is CCN(C[C@@H]1[C@@H](c2ccc(C3=CCCC3)cc2)[C@@H](CO)N1C(C)=O)C(C)=O. The largest absolute Gasteiger partial charge is 0.394 e. The van der Waals surface area contributed by atoms with Gasteiger partial charge in [-0.1, -0.05) is 30.3 Å². The third-order valence-electron chi connectivity index (χ3n) is 6.04. The summed E-state index contributed by atoms with van der Waals surface area (Å²) in [6, 6.07) is 8.22. The number of nitrogens with zero attached hydrogens (tertiary/aromatic N) is 2. The van der Waals surface area contributed by atoms with Crippen molar-refractivity contribution in [1.29, 1.82) is 0 Å². The fraction of sp³-hybridized carbons (Fsp3) is 0.545. The first kappa shape index (κ1) is 19.6. The Morgan fingerprint density at radius 1 is 1.19 bits per heavy atom. The standard InChI is InChI=1S/C22H30N2O3/c1-4-23(15(2)26)13-20-22(21(14-25)24(20)16(3)27)19-11-9-18(10-12-19)17-7-5-6-8-17/h7,9-12,20-22,25H,4-6,8,13-14H2,1-3H3/t20-,21-,22-/m1/s1. The van der Waals surface area contributed by atoms with E-state index < -0.39 is 0 Å². The fourth-order valence-electron chi connectivity index (χ4n) is 4.62. The average molecular weight is 370 g/mol. The number of aliphatic hydroxyl groups is 1. The number of amides is 2. The summed E-state index contributed by atoms with van der Waals surface area (Å²) in [6.45, 7) is 6.08. The molecule has 27 heavy (non-hydrogen) atoms. The maximum Gasteiger partial charge on any atom is 0.220 e. The summed E-state index contributed by atoms with van der Waals surface area (Å²) < 4.78 is 0. The van der Waals surface area contributed by atoms with Gasteiger partial charge in [-0.25, -0.2) is 0 Å². The van der Waals surface area contributed by atoms with Gasteiger partial charge in [0.1, 0.15) is 0 Å². The average Bonchev–Trinajstić information content (AvgIpc) is 3.16. The van der Waals surface area contributed by atoms with Crippen molar-refractivity contribution in [3.05, 3.63) is 41.5 Å². The van der Waals surface area contributed by atoms with Crippen LogP contribution in [0.1, 0.15) is 57.1 Å². The summed E-state index contributed by atoms with van der Waals surface area (Å²) in [7, 11) is 0. The first-order valence-corrected chi connectivity index (χ1v) is 9.92. The molecule has 2 amide bonds. The molecule has 0 unspecified atom stereocenters. The Labute approximate surface area is 161 Å². The van der Waals surface area contributed by atoms with Gasteiger partial charge in [0.05, 0.1) is 18.7 Å². The predicted molar refractivity (Wildman–Crippen MR) is 106 cm³/mol. The molecule has 0 saturated carbocycles. The third-order valence-corrected chi connectivity index (χ3v) is 6.04. The molecule has 3 atom stereocenters. The molecule has 1 aliphatic heterocycles. The van der Waals surface area contributed by atoms with Crippen molar-refractivity contribution in [2.45, 2.75) is 58.0 Å². The number of rotatable bonds is 6. The first-order chi connectivity index (χ1) is 13.0. The Hall–Kier alpha value is -2.14. The Balaban J connectivity index is 1.85. The summed E-state index contributed by atoms with van der Waals surface area (Å²) in [6.07, 6.45) is 5.81. The molecule has 1 aromatic carbocycles. The van der Waals surface area contributed by atoms with Crippen molar-refractivity contribution in [2.24, 2.45) is 0 Å². The highest BCUT2D eigenvalue weighted by Crippen LogP contribution is 2.41. The van der Waals surface area contributed by atoms with E-state index in [-0.39, 0.29) is 36.4 Å². The van der Waals surface area contributed by atoms with E-state index in [1.54, 1.807) is 16.7 Å². The van der Waals surface area contributed by atoms with Gasteiger partial charge in [-0.3, -0.25) is 9.59 Å². The van der Waals surface area contributed by atoms with Crippen LogP contribution >= 0.6 is 0 Å². The molecule has 146 valence electrons. The Kier molecular flexibility index (Phi) is 6.00. The number of aliphatic hydroxyl groups excluding tert-OH is 1. The summed E-state index contributed by atoms with van der Waals surface area (Å²) in [5, 5.41) is 9.90. The van der Waals surface area contributed by atoms with Gasteiger partial charge < -0.3 is 14.9 Å². The molecule has 5 heteroatoms. The molecule has 2 aliphatic rings. The van der Waals surface area contributed by atoms with Crippen molar-refractivity contribution in [2.75, 3.05) is 19.7 Å². The van der Waals surface area contributed by atoms with E-state index in [9.17, 15) is 14.7 Å². The number of carbonyl (C=O) groups excluding carboxylic acids is 2. The predicted octanol–water partition coefficient (Wildman–Crippen LogP) is 2.80. The molecule has 0 bridgehead atoms. The van der Waals surface area contributed by atoms with Crippen molar-refractivity contribution in [1.82, 2.24) is 9.80 Å². The van der Waals surface area contributed by atoms with Crippen LogP contribution < -0.4 is 0 Å². The van der Waals surface area contributed by atoms with Crippen molar-refractivity contribution >= 4 is 17.4 Å². The van der Waals surface area contributed by atoms with Gasteiger partial charge in [0.2, 0.25) is 11.8 Å². The zero-order valence-corrected chi connectivity index (χ0v) is 16.5. The Bertz CT molecular complexity index is 726. The summed E-state index contributed by atoms with van der Waals surface area (Å²) in [5.41, 5.74) is 3.79. The van der Waals surface area contributed by atoms with Crippen LogP contribution in [-0.2, 0) is 9.59 Å². The topological polar surface area (TPSA) is 60.9 Å². The quantitative estimate of drug-likeness (QED) is 0.838. The van der Waals surface area contributed by atoms with Crippen LogP contribution in [0.3, 0.4) is 0 Å². The Morgan fingerprint density at radius 3 is 2.37 bits per heavy atom. The van der Waals surface area contributed by atoms with Crippen LogP contribution in [0, 0.1) is 0 Å².